The van der Waals surface area contributed by atoms with Crippen molar-refractivity contribution in [3.63, 3.8) is 0 Å². The SMILES string of the molecule is CN(CCCNC(=O)c1ccc(/C(N)=N/O)cc1)Cc1ccccc1. The molecule has 25 heavy (non-hydrogen) atoms. The lowest BCUT2D eigenvalue weighted by Crippen LogP contribution is -2.28. The van der Waals surface area contributed by atoms with Gasteiger partial charge in [0.2, 0.25) is 0 Å². The Morgan fingerprint density at radius 2 is 1.76 bits per heavy atom. The van der Waals surface area contributed by atoms with Crippen LogP contribution in [0.1, 0.15) is 27.9 Å². The molecular weight excluding hydrogens is 316 g/mol. The molecule has 132 valence electrons. The minimum absolute atomic E-state index is 0.0217. The Morgan fingerprint density at radius 3 is 2.40 bits per heavy atom. The maximum atomic E-state index is 12.1. The van der Waals surface area contributed by atoms with Crippen molar-refractivity contribution in [3.05, 3.63) is 71.3 Å². The number of hydrogen-bond donors (Lipinski definition) is 3. The number of rotatable bonds is 8. The van der Waals surface area contributed by atoms with Crippen LogP contribution in [0.5, 0.6) is 0 Å². The minimum Gasteiger partial charge on any atom is -0.409 e. The molecule has 0 spiro atoms. The molecule has 0 aliphatic rings. The second-order valence-corrected chi connectivity index (χ2v) is 5.90. The van der Waals surface area contributed by atoms with E-state index in [9.17, 15) is 4.79 Å². The van der Waals surface area contributed by atoms with Gasteiger partial charge in [0, 0.05) is 24.2 Å². The number of benzene rings is 2. The van der Waals surface area contributed by atoms with Crippen molar-refractivity contribution in [1.82, 2.24) is 10.2 Å². The maximum absolute atomic E-state index is 12.1. The first-order valence-corrected chi connectivity index (χ1v) is 8.19. The first kappa shape index (κ1) is 18.5. The number of amidine groups is 1. The number of nitrogens with zero attached hydrogens (tertiary/aromatic N) is 2. The summed E-state index contributed by atoms with van der Waals surface area (Å²) >= 11 is 0. The second-order valence-electron chi connectivity index (χ2n) is 5.90. The van der Waals surface area contributed by atoms with E-state index < -0.39 is 0 Å². The summed E-state index contributed by atoms with van der Waals surface area (Å²) in [5, 5.41) is 14.5. The van der Waals surface area contributed by atoms with E-state index in [1.165, 1.54) is 5.56 Å². The average Bonchev–Trinajstić information content (AvgIpc) is 2.65. The number of oxime groups is 1. The summed E-state index contributed by atoms with van der Waals surface area (Å²) in [6.45, 7) is 2.40. The molecule has 0 saturated carbocycles. The molecule has 0 aliphatic carbocycles. The van der Waals surface area contributed by atoms with Gasteiger partial charge in [-0.3, -0.25) is 4.79 Å². The normalized spacial score (nSPS) is 11.5. The van der Waals surface area contributed by atoms with Crippen molar-refractivity contribution in [3.8, 4) is 0 Å². The van der Waals surface area contributed by atoms with Gasteiger partial charge in [-0.05, 0) is 37.7 Å². The Balaban J connectivity index is 1.71. The molecule has 0 aliphatic heterocycles. The third-order valence-corrected chi connectivity index (χ3v) is 3.85. The zero-order valence-corrected chi connectivity index (χ0v) is 14.4. The number of carbonyl (C=O) groups excluding carboxylic acids is 1. The Labute approximate surface area is 147 Å². The van der Waals surface area contributed by atoms with Crippen LogP contribution in [0.25, 0.3) is 0 Å². The summed E-state index contributed by atoms with van der Waals surface area (Å²) in [5.74, 6) is -0.106. The van der Waals surface area contributed by atoms with E-state index >= 15 is 0 Å². The summed E-state index contributed by atoms with van der Waals surface area (Å²) in [4.78, 5) is 14.3. The molecule has 2 aromatic carbocycles. The predicted octanol–water partition coefficient (Wildman–Crippen LogP) is 2.03. The highest BCUT2D eigenvalue weighted by atomic mass is 16.4. The topological polar surface area (TPSA) is 91.0 Å². The summed E-state index contributed by atoms with van der Waals surface area (Å²) in [5.41, 5.74) is 7.89. The highest BCUT2D eigenvalue weighted by molar-refractivity contribution is 5.99. The molecule has 2 rings (SSSR count). The van der Waals surface area contributed by atoms with Crippen LogP contribution in [0.3, 0.4) is 0 Å². The van der Waals surface area contributed by atoms with Crippen molar-refractivity contribution in [2.24, 2.45) is 10.9 Å². The molecule has 0 heterocycles. The lowest BCUT2D eigenvalue weighted by Gasteiger charge is -2.16. The lowest BCUT2D eigenvalue weighted by atomic mass is 10.1. The van der Waals surface area contributed by atoms with E-state index in [0.717, 1.165) is 19.5 Å². The molecule has 0 unspecified atom stereocenters. The number of amides is 1. The summed E-state index contributed by atoms with van der Waals surface area (Å²) in [6, 6.07) is 16.9. The van der Waals surface area contributed by atoms with Crippen molar-refractivity contribution in [2.75, 3.05) is 20.1 Å². The molecule has 0 bridgehead atoms. The van der Waals surface area contributed by atoms with E-state index in [-0.39, 0.29) is 11.7 Å². The second kappa shape index (κ2) is 9.44. The summed E-state index contributed by atoms with van der Waals surface area (Å²) in [6.07, 6.45) is 0.872. The average molecular weight is 340 g/mol. The molecule has 0 atom stereocenters. The van der Waals surface area contributed by atoms with Crippen molar-refractivity contribution < 1.29 is 10.0 Å². The molecule has 0 aromatic heterocycles. The van der Waals surface area contributed by atoms with Crippen molar-refractivity contribution >= 4 is 11.7 Å². The Morgan fingerprint density at radius 1 is 1.12 bits per heavy atom. The maximum Gasteiger partial charge on any atom is 0.251 e. The van der Waals surface area contributed by atoms with Gasteiger partial charge in [-0.25, -0.2) is 0 Å². The number of hydrogen-bond acceptors (Lipinski definition) is 4. The van der Waals surface area contributed by atoms with Crippen LogP contribution in [0, 0.1) is 0 Å². The van der Waals surface area contributed by atoms with E-state index in [1.807, 2.05) is 18.2 Å². The molecule has 0 radical (unpaired) electrons. The molecule has 6 heteroatoms. The van der Waals surface area contributed by atoms with E-state index in [1.54, 1.807) is 24.3 Å². The Hall–Kier alpha value is -2.86. The number of nitrogens with one attached hydrogen (secondary N) is 1. The fourth-order valence-corrected chi connectivity index (χ4v) is 2.48. The van der Waals surface area contributed by atoms with E-state index in [2.05, 4.69) is 34.6 Å². The van der Waals surface area contributed by atoms with Crippen molar-refractivity contribution in [1.29, 1.82) is 0 Å². The van der Waals surface area contributed by atoms with Gasteiger partial charge in [-0.2, -0.15) is 0 Å². The fourth-order valence-electron chi connectivity index (χ4n) is 2.48. The zero-order valence-electron chi connectivity index (χ0n) is 14.4. The van der Waals surface area contributed by atoms with Crippen LogP contribution in [0.4, 0.5) is 0 Å². The molecule has 0 saturated heterocycles. The standard InChI is InChI=1S/C19H24N4O2/c1-23(14-15-6-3-2-4-7-15)13-5-12-21-19(24)17-10-8-16(9-11-17)18(20)22-25/h2-4,6-11,25H,5,12-14H2,1H3,(H2,20,22)(H,21,24). The van der Waals surface area contributed by atoms with Crippen LogP contribution < -0.4 is 11.1 Å². The van der Waals surface area contributed by atoms with Gasteiger partial charge in [0.15, 0.2) is 5.84 Å². The van der Waals surface area contributed by atoms with Gasteiger partial charge >= 0.3 is 0 Å². The number of carbonyl (C=O) groups is 1. The predicted molar refractivity (Wildman–Crippen MR) is 98.7 cm³/mol. The molecule has 2 aromatic rings. The monoisotopic (exact) mass is 340 g/mol. The molecule has 6 nitrogen and oxygen atoms in total. The van der Waals surface area contributed by atoms with Crippen LogP contribution in [-0.2, 0) is 6.54 Å². The molecular formula is C19H24N4O2. The van der Waals surface area contributed by atoms with Gasteiger partial charge in [0.25, 0.3) is 5.91 Å². The first-order valence-electron chi connectivity index (χ1n) is 8.19. The van der Waals surface area contributed by atoms with Gasteiger partial charge in [0.05, 0.1) is 0 Å². The van der Waals surface area contributed by atoms with Gasteiger partial charge in [-0.15, -0.1) is 0 Å². The molecule has 0 fully saturated rings. The lowest BCUT2D eigenvalue weighted by molar-refractivity contribution is 0.0952. The van der Waals surface area contributed by atoms with E-state index in [4.69, 9.17) is 10.9 Å². The van der Waals surface area contributed by atoms with Crippen LogP contribution in [0.15, 0.2) is 59.8 Å². The van der Waals surface area contributed by atoms with Crippen LogP contribution in [-0.4, -0.2) is 42.0 Å². The van der Waals surface area contributed by atoms with Crippen molar-refractivity contribution in [2.45, 2.75) is 13.0 Å². The highest BCUT2D eigenvalue weighted by Crippen LogP contribution is 2.05. The Bertz CT molecular complexity index is 699. The summed E-state index contributed by atoms with van der Waals surface area (Å²) < 4.78 is 0. The third kappa shape index (κ3) is 5.93. The van der Waals surface area contributed by atoms with Gasteiger partial charge < -0.3 is 21.2 Å². The van der Waals surface area contributed by atoms with Gasteiger partial charge in [0.1, 0.15) is 0 Å². The van der Waals surface area contributed by atoms with Crippen LogP contribution >= 0.6 is 0 Å². The minimum atomic E-state index is -0.128. The number of nitrogens with two attached hydrogens (primary N) is 1. The highest BCUT2D eigenvalue weighted by Gasteiger charge is 2.06. The zero-order chi connectivity index (χ0) is 18.1. The van der Waals surface area contributed by atoms with Crippen LogP contribution in [0.2, 0.25) is 0 Å². The summed E-state index contributed by atoms with van der Waals surface area (Å²) in [7, 11) is 2.07. The fraction of sp³-hybridized carbons (Fsp3) is 0.263. The first-order chi connectivity index (χ1) is 12.1. The van der Waals surface area contributed by atoms with E-state index in [0.29, 0.717) is 17.7 Å². The van der Waals surface area contributed by atoms with Gasteiger partial charge in [-0.1, -0.05) is 47.6 Å². The Kier molecular flexibility index (Phi) is 6.98. The third-order valence-electron chi connectivity index (χ3n) is 3.85. The largest absolute Gasteiger partial charge is 0.409 e. The molecule has 1 amide bonds. The molecule has 4 N–H and O–H groups in total. The quantitative estimate of drug-likeness (QED) is 0.225. The smallest absolute Gasteiger partial charge is 0.251 e.